The first-order valence-electron chi connectivity index (χ1n) is 4.00. The molecular weight excluding hydrogens is 266 g/mol. The Labute approximate surface area is 94.3 Å². The Bertz CT molecular complexity index is 430. The van der Waals surface area contributed by atoms with E-state index in [1.165, 1.54) is 13.2 Å². The largest absolute Gasteiger partial charge is 0.465 e. The summed E-state index contributed by atoms with van der Waals surface area (Å²) in [5.41, 5.74) is 0.419. The number of benzene rings is 1. The molecule has 15 heavy (non-hydrogen) atoms. The van der Waals surface area contributed by atoms with Gasteiger partial charge in [0, 0.05) is 10.5 Å². The van der Waals surface area contributed by atoms with Crippen LogP contribution in [0.2, 0.25) is 0 Å². The first-order valence-corrected chi connectivity index (χ1v) is 4.80. The molecule has 0 aliphatic carbocycles. The van der Waals surface area contributed by atoms with Crippen LogP contribution in [0.3, 0.4) is 0 Å². The lowest BCUT2D eigenvalue weighted by Gasteiger charge is -2.05. The van der Waals surface area contributed by atoms with Gasteiger partial charge >= 0.3 is 5.97 Å². The van der Waals surface area contributed by atoms with E-state index in [4.69, 9.17) is 0 Å². The van der Waals surface area contributed by atoms with Gasteiger partial charge in [-0.05, 0) is 28.4 Å². The Morgan fingerprint density at radius 1 is 1.53 bits per heavy atom. The molecule has 0 aliphatic rings. The van der Waals surface area contributed by atoms with E-state index >= 15 is 0 Å². The van der Waals surface area contributed by atoms with Gasteiger partial charge in [-0.2, -0.15) is 0 Å². The van der Waals surface area contributed by atoms with Crippen molar-refractivity contribution in [1.82, 2.24) is 0 Å². The van der Waals surface area contributed by atoms with Crippen LogP contribution >= 0.6 is 15.9 Å². The van der Waals surface area contributed by atoms with Crippen LogP contribution in [0.5, 0.6) is 0 Å². The molecule has 1 aromatic rings. The SMILES string of the molecule is COC(=O)c1c([N+](=O)[O-])ccc(C)c1Br. The molecule has 0 heterocycles. The molecule has 0 fully saturated rings. The standard InChI is InChI=1S/C9H8BrNO4/c1-5-3-4-6(11(13)14)7(8(5)10)9(12)15-2/h3-4H,1-2H3. The summed E-state index contributed by atoms with van der Waals surface area (Å²) in [6.07, 6.45) is 0. The molecule has 0 saturated heterocycles. The fourth-order valence-corrected chi connectivity index (χ4v) is 1.62. The van der Waals surface area contributed by atoms with Crippen LogP contribution in [0.25, 0.3) is 0 Å². The third-order valence-corrected chi connectivity index (χ3v) is 2.92. The lowest BCUT2D eigenvalue weighted by Crippen LogP contribution is -2.07. The van der Waals surface area contributed by atoms with Crippen molar-refractivity contribution in [3.8, 4) is 0 Å². The van der Waals surface area contributed by atoms with E-state index in [1.54, 1.807) is 13.0 Å². The number of carbonyl (C=O) groups excluding carboxylic acids is 1. The minimum absolute atomic E-state index is 0.0532. The van der Waals surface area contributed by atoms with Crippen molar-refractivity contribution in [3.63, 3.8) is 0 Å². The summed E-state index contributed by atoms with van der Waals surface area (Å²) in [6, 6.07) is 2.85. The second kappa shape index (κ2) is 4.39. The zero-order valence-corrected chi connectivity index (χ0v) is 9.70. The van der Waals surface area contributed by atoms with Crippen LogP contribution in [0.4, 0.5) is 5.69 Å². The summed E-state index contributed by atoms with van der Waals surface area (Å²) < 4.78 is 4.88. The van der Waals surface area contributed by atoms with Crippen molar-refractivity contribution in [2.24, 2.45) is 0 Å². The number of hydrogen-bond donors (Lipinski definition) is 0. The highest BCUT2D eigenvalue weighted by molar-refractivity contribution is 9.10. The van der Waals surface area contributed by atoms with Crippen LogP contribution in [-0.4, -0.2) is 18.0 Å². The van der Waals surface area contributed by atoms with Crippen LogP contribution in [0, 0.1) is 17.0 Å². The number of hydrogen-bond acceptors (Lipinski definition) is 4. The van der Waals surface area contributed by atoms with Crippen LogP contribution < -0.4 is 0 Å². The summed E-state index contributed by atoms with van der Waals surface area (Å²) in [4.78, 5) is 21.4. The second-order valence-corrected chi connectivity index (χ2v) is 3.63. The number of nitro benzene ring substituents is 1. The number of halogens is 1. The summed E-state index contributed by atoms with van der Waals surface area (Å²) >= 11 is 3.14. The monoisotopic (exact) mass is 273 g/mol. The van der Waals surface area contributed by atoms with Crippen molar-refractivity contribution in [1.29, 1.82) is 0 Å². The molecule has 0 atom stereocenters. The van der Waals surface area contributed by atoms with E-state index in [9.17, 15) is 14.9 Å². The van der Waals surface area contributed by atoms with Gasteiger partial charge < -0.3 is 4.74 Å². The number of carbonyl (C=O) groups is 1. The minimum Gasteiger partial charge on any atom is -0.465 e. The average Bonchev–Trinajstić information content (AvgIpc) is 2.20. The molecule has 0 unspecified atom stereocenters. The Hall–Kier alpha value is -1.43. The van der Waals surface area contributed by atoms with E-state index in [2.05, 4.69) is 20.7 Å². The Kier molecular flexibility index (Phi) is 3.41. The predicted octanol–water partition coefficient (Wildman–Crippen LogP) is 2.45. The van der Waals surface area contributed by atoms with Gasteiger partial charge in [-0.15, -0.1) is 0 Å². The number of methoxy groups -OCH3 is 1. The van der Waals surface area contributed by atoms with Gasteiger partial charge in [-0.3, -0.25) is 10.1 Å². The lowest BCUT2D eigenvalue weighted by molar-refractivity contribution is -0.385. The average molecular weight is 274 g/mol. The van der Waals surface area contributed by atoms with Crippen molar-refractivity contribution in [2.45, 2.75) is 6.92 Å². The number of esters is 1. The fraction of sp³-hybridized carbons (Fsp3) is 0.222. The van der Waals surface area contributed by atoms with E-state index in [1.807, 2.05) is 0 Å². The molecule has 6 heteroatoms. The first kappa shape index (κ1) is 11.6. The summed E-state index contributed by atoms with van der Waals surface area (Å²) in [5, 5.41) is 10.7. The van der Waals surface area contributed by atoms with Crippen molar-refractivity contribution in [3.05, 3.63) is 37.8 Å². The molecule has 0 saturated carbocycles. The van der Waals surface area contributed by atoms with E-state index < -0.39 is 10.9 Å². The molecular formula is C9H8BrNO4. The summed E-state index contributed by atoms with van der Waals surface area (Å²) in [5.74, 6) is -0.725. The van der Waals surface area contributed by atoms with Gasteiger partial charge in [0.1, 0.15) is 0 Å². The topological polar surface area (TPSA) is 69.4 Å². The normalized spacial score (nSPS) is 9.80. The highest BCUT2D eigenvalue weighted by Gasteiger charge is 2.24. The van der Waals surface area contributed by atoms with Crippen molar-refractivity contribution < 1.29 is 14.5 Å². The van der Waals surface area contributed by atoms with Crippen molar-refractivity contribution in [2.75, 3.05) is 7.11 Å². The molecule has 0 spiro atoms. The highest BCUT2D eigenvalue weighted by Crippen LogP contribution is 2.30. The molecule has 0 bridgehead atoms. The zero-order chi connectivity index (χ0) is 11.6. The number of aryl methyl sites for hydroxylation is 1. The van der Waals surface area contributed by atoms with Gasteiger partial charge in [0.25, 0.3) is 5.69 Å². The van der Waals surface area contributed by atoms with Crippen LogP contribution in [-0.2, 0) is 4.74 Å². The molecule has 0 amide bonds. The third kappa shape index (κ3) is 2.15. The molecule has 5 nitrogen and oxygen atoms in total. The lowest BCUT2D eigenvalue weighted by atomic mass is 10.1. The van der Waals surface area contributed by atoms with Gasteiger partial charge in [0.15, 0.2) is 5.56 Å². The van der Waals surface area contributed by atoms with E-state index in [0.717, 1.165) is 5.56 Å². The summed E-state index contributed by atoms with van der Waals surface area (Å²) in [7, 11) is 1.18. The number of rotatable bonds is 2. The fourth-order valence-electron chi connectivity index (χ4n) is 1.12. The molecule has 1 aromatic carbocycles. The quantitative estimate of drug-likeness (QED) is 0.472. The number of nitro groups is 1. The maximum absolute atomic E-state index is 11.4. The summed E-state index contributed by atoms with van der Waals surface area (Å²) in [6.45, 7) is 1.74. The number of ether oxygens (including phenoxy) is 1. The van der Waals surface area contributed by atoms with Gasteiger partial charge in [-0.25, -0.2) is 4.79 Å². The molecule has 0 aliphatic heterocycles. The molecule has 80 valence electrons. The van der Waals surface area contributed by atoms with Crippen LogP contribution in [0.1, 0.15) is 15.9 Å². The van der Waals surface area contributed by atoms with Crippen LogP contribution in [0.15, 0.2) is 16.6 Å². The maximum atomic E-state index is 11.4. The Morgan fingerprint density at radius 3 is 2.60 bits per heavy atom. The molecule has 0 radical (unpaired) electrons. The second-order valence-electron chi connectivity index (χ2n) is 2.84. The minimum atomic E-state index is -0.725. The van der Waals surface area contributed by atoms with Gasteiger partial charge in [0.05, 0.1) is 12.0 Å². The Morgan fingerprint density at radius 2 is 2.13 bits per heavy atom. The van der Waals surface area contributed by atoms with Gasteiger partial charge in [0.2, 0.25) is 0 Å². The third-order valence-electron chi connectivity index (χ3n) is 1.90. The molecule has 0 aromatic heterocycles. The zero-order valence-electron chi connectivity index (χ0n) is 8.11. The van der Waals surface area contributed by atoms with E-state index in [-0.39, 0.29) is 11.3 Å². The number of nitrogens with zero attached hydrogens (tertiary/aromatic N) is 1. The molecule has 1 rings (SSSR count). The maximum Gasteiger partial charge on any atom is 0.346 e. The Balaban J connectivity index is 3.48. The van der Waals surface area contributed by atoms with Gasteiger partial charge in [-0.1, -0.05) is 6.07 Å². The predicted molar refractivity (Wildman–Crippen MR) is 56.9 cm³/mol. The highest BCUT2D eigenvalue weighted by atomic mass is 79.9. The van der Waals surface area contributed by atoms with E-state index in [0.29, 0.717) is 4.47 Å². The van der Waals surface area contributed by atoms with Crippen molar-refractivity contribution >= 4 is 27.6 Å². The first-order chi connectivity index (χ1) is 6.99. The smallest absolute Gasteiger partial charge is 0.346 e. The molecule has 0 N–H and O–H groups in total.